The Morgan fingerprint density at radius 1 is 1.04 bits per heavy atom. The molecular formula is C21H21NO4. The molecule has 0 N–H and O–H groups in total. The van der Waals surface area contributed by atoms with Crippen LogP contribution in [0, 0.1) is 6.92 Å². The molecular weight excluding hydrogens is 330 g/mol. The van der Waals surface area contributed by atoms with Gasteiger partial charge in [-0.05, 0) is 43.2 Å². The maximum atomic E-state index is 12.2. The number of ketones is 1. The zero-order chi connectivity index (χ0) is 18.5. The van der Waals surface area contributed by atoms with Crippen molar-refractivity contribution in [2.24, 2.45) is 0 Å². The van der Waals surface area contributed by atoms with Crippen molar-refractivity contribution in [3.8, 4) is 0 Å². The van der Waals surface area contributed by atoms with Gasteiger partial charge in [0.05, 0.1) is 6.42 Å². The number of anilines is 1. The van der Waals surface area contributed by atoms with E-state index in [4.69, 9.17) is 4.74 Å². The Hall–Kier alpha value is -2.95. The highest BCUT2D eigenvalue weighted by Gasteiger charge is 2.21. The molecule has 0 spiro atoms. The van der Waals surface area contributed by atoms with Crippen molar-refractivity contribution in [2.45, 2.75) is 26.2 Å². The second-order valence-electron chi connectivity index (χ2n) is 6.44. The average molecular weight is 351 g/mol. The number of ether oxygens (including phenoxy) is 1. The lowest BCUT2D eigenvalue weighted by Gasteiger charge is -2.15. The van der Waals surface area contributed by atoms with E-state index >= 15 is 0 Å². The lowest BCUT2D eigenvalue weighted by Crippen LogP contribution is -2.23. The largest absolute Gasteiger partial charge is 0.457 e. The predicted octanol–water partition coefficient (Wildman–Crippen LogP) is 3.09. The van der Waals surface area contributed by atoms with E-state index in [0.717, 1.165) is 23.2 Å². The quantitative estimate of drug-likeness (QED) is 0.593. The minimum atomic E-state index is -0.429. The highest BCUT2D eigenvalue weighted by molar-refractivity contribution is 5.99. The van der Waals surface area contributed by atoms with Crippen LogP contribution in [0.25, 0.3) is 0 Å². The first-order valence-electron chi connectivity index (χ1n) is 8.68. The summed E-state index contributed by atoms with van der Waals surface area (Å²) in [6, 6.07) is 14.4. The number of amides is 1. The van der Waals surface area contributed by atoms with Gasteiger partial charge in [-0.3, -0.25) is 14.4 Å². The van der Waals surface area contributed by atoms with E-state index in [0.29, 0.717) is 18.5 Å². The lowest BCUT2D eigenvalue weighted by molar-refractivity contribution is -0.141. The van der Waals surface area contributed by atoms with E-state index < -0.39 is 5.97 Å². The third kappa shape index (κ3) is 4.36. The van der Waals surface area contributed by atoms with E-state index in [1.807, 2.05) is 31.2 Å². The zero-order valence-electron chi connectivity index (χ0n) is 14.7. The maximum absolute atomic E-state index is 12.2. The van der Waals surface area contributed by atoms with Crippen LogP contribution in [-0.4, -0.2) is 30.8 Å². The van der Waals surface area contributed by atoms with Crippen molar-refractivity contribution >= 4 is 23.3 Å². The summed E-state index contributed by atoms with van der Waals surface area (Å²) >= 11 is 0. The van der Waals surface area contributed by atoms with Crippen LogP contribution in [0.3, 0.4) is 0 Å². The lowest BCUT2D eigenvalue weighted by atomic mass is 10.1. The molecule has 5 heteroatoms. The molecule has 1 saturated heterocycles. The Morgan fingerprint density at radius 3 is 2.35 bits per heavy atom. The number of Topliss-reactive ketones (excluding diaryl/α,β-unsaturated/α-hetero) is 1. The molecule has 1 amide bonds. The fourth-order valence-corrected chi connectivity index (χ4v) is 2.90. The smallest absolute Gasteiger partial charge is 0.310 e. The SMILES string of the molecule is Cc1ccc(CC(=O)OCC(=O)c2ccc(N3CCCC3=O)cc2)cc1. The summed E-state index contributed by atoms with van der Waals surface area (Å²) in [4.78, 5) is 37.5. The number of carbonyl (C=O) groups excluding carboxylic acids is 3. The van der Waals surface area contributed by atoms with Gasteiger partial charge in [0.2, 0.25) is 5.91 Å². The van der Waals surface area contributed by atoms with Crippen molar-refractivity contribution < 1.29 is 19.1 Å². The van der Waals surface area contributed by atoms with Gasteiger partial charge < -0.3 is 9.64 Å². The van der Waals surface area contributed by atoms with Crippen molar-refractivity contribution in [3.63, 3.8) is 0 Å². The number of aryl methyl sites for hydroxylation is 1. The third-order valence-corrected chi connectivity index (χ3v) is 4.41. The first-order chi connectivity index (χ1) is 12.5. The predicted molar refractivity (Wildman–Crippen MR) is 98.2 cm³/mol. The molecule has 2 aromatic carbocycles. The van der Waals surface area contributed by atoms with Crippen molar-refractivity contribution in [2.75, 3.05) is 18.1 Å². The van der Waals surface area contributed by atoms with Gasteiger partial charge in [-0.15, -0.1) is 0 Å². The van der Waals surface area contributed by atoms with Crippen LogP contribution in [0.1, 0.15) is 34.3 Å². The number of hydrogen-bond donors (Lipinski definition) is 0. The summed E-state index contributed by atoms with van der Waals surface area (Å²) in [6.45, 7) is 2.40. The molecule has 1 fully saturated rings. The van der Waals surface area contributed by atoms with Gasteiger partial charge in [-0.2, -0.15) is 0 Å². The van der Waals surface area contributed by atoms with Crippen molar-refractivity contribution in [1.82, 2.24) is 0 Å². The van der Waals surface area contributed by atoms with Crippen LogP contribution < -0.4 is 4.90 Å². The number of nitrogens with zero attached hydrogens (tertiary/aromatic N) is 1. The zero-order valence-corrected chi connectivity index (χ0v) is 14.7. The van der Waals surface area contributed by atoms with Crippen LogP contribution >= 0.6 is 0 Å². The fraction of sp³-hybridized carbons (Fsp3) is 0.286. The summed E-state index contributed by atoms with van der Waals surface area (Å²) in [6.07, 6.45) is 1.57. The minimum absolute atomic E-state index is 0.106. The molecule has 0 aliphatic carbocycles. The standard InChI is InChI=1S/C21H21NO4/c1-15-4-6-16(7-5-15)13-21(25)26-14-19(23)17-8-10-18(11-9-17)22-12-2-3-20(22)24/h4-11H,2-3,12-14H2,1H3. The molecule has 26 heavy (non-hydrogen) atoms. The van der Waals surface area contributed by atoms with E-state index in [-0.39, 0.29) is 24.7 Å². The fourth-order valence-electron chi connectivity index (χ4n) is 2.90. The van der Waals surface area contributed by atoms with E-state index in [1.165, 1.54) is 0 Å². The van der Waals surface area contributed by atoms with Crippen LogP contribution in [0.15, 0.2) is 48.5 Å². The first kappa shape index (κ1) is 17.9. The van der Waals surface area contributed by atoms with Crippen molar-refractivity contribution in [1.29, 1.82) is 0 Å². The molecule has 1 aliphatic rings. The summed E-state index contributed by atoms with van der Waals surface area (Å²) < 4.78 is 5.09. The number of rotatable bonds is 6. The summed E-state index contributed by atoms with van der Waals surface area (Å²) in [5, 5.41) is 0. The Balaban J connectivity index is 1.52. The van der Waals surface area contributed by atoms with Gasteiger partial charge in [0.25, 0.3) is 0 Å². The van der Waals surface area contributed by atoms with E-state index in [1.54, 1.807) is 29.2 Å². The molecule has 1 heterocycles. The molecule has 3 rings (SSSR count). The highest BCUT2D eigenvalue weighted by Crippen LogP contribution is 2.21. The van der Waals surface area contributed by atoms with Crippen LogP contribution in [0.2, 0.25) is 0 Å². The number of esters is 1. The van der Waals surface area contributed by atoms with Crippen LogP contribution in [-0.2, 0) is 20.7 Å². The monoisotopic (exact) mass is 351 g/mol. The molecule has 0 radical (unpaired) electrons. The molecule has 0 saturated carbocycles. The van der Waals surface area contributed by atoms with Crippen LogP contribution in [0.5, 0.6) is 0 Å². The Bertz CT molecular complexity index is 809. The molecule has 5 nitrogen and oxygen atoms in total. The molecule has 134 valence electrons. The summed E-state index contributed by atoms with van der Waals surface area (Å²) in [7, 11) is 0. The van der Waals surface area contributed by atoms with Gasteiger partial charge in [0, 0.05) is 24.2 Å². The van der Waals surface area contributed by atoms with E-state index in [9.17, 15) is 14.4 Å². The Kier molecular flexibility index (Phi) is 5.46. The second kappa shape index (κ2) is 7.95. The molecule has 2 aromatic rings. The van der Waals surface area contributed by atoms with Crippen LogP contribution in [0.4, 0.5) is 5.69 Å². The average Bonchev–Trinajstić information content (AvgIpc) is 3.08. The molecule has 1 aliphatic heterocycles. The maximum Gasteiger partial charge on any atom is 0.310 e. The molecule has 0 unspecified atom stereocenters. The number of benzene rings is 2. The van der Waals surface area contributed by atoms with E-state index in [2.05, 4.69) is 0 Å². The first-order valence-corrected chi connectivity index (χ1v) is 8.68. The molecule has 0 atom stereocenters. The second-order valence-corrected chi connectivity index (χ2v) is 6.44. The number of hydrogen-bond acceptors (Lipinski definition) is 4. The van der Waals surface area contributed by atoms with Gasteiger partial charge in [-0.25, -0.2) is 0 Å². The Morgan fingerprint density at radius 2 is 1.73 bits per heavy atom. The normalized spacial score (nSPS) is 13.7. The van der Waals surface area contributed by atoms with Gasteiger partial charge >= 0.3 is 5.97 Å². The van der Waals surface area contributed by atoms with Gasteiger partial charge in [0.15, 0.2) is 12.4 Å². The third-order valence-electron chi connectivity index (χ3n) is 4.41. The highest BCUT2D eigenvalue weighted by atomic mass is 16.5. The number of carbonyl (C=O) groups is 3. The van der Waals surface area contributed by atoms with Crippen molar-refractivity contribution in [3.05, 3.63) is 65.2 Å². The Labute approximate surface area is 152 Å². The molecule has 0 bridgehead atoms. The van der Waals surface area contributed by atoms with Gasteiger partial charge in [-0.1, -0.05) is 29.8 Å². The summed E-state index contributed by atoms with van der Waals surface area (Å²) in [5.41, 5.74) is 3.23. The topological polar surface area (TPSA) is 63.7 Å². The van der Waals surface area contributed by atoms with Gasteiger partial charge in [0.1, 0.15) is 0 Å². The molecule has 0 aromatic heterocycles. The summed E-state index contributed by atoms with van der Waals surface area (Å²) in [5.74, 6) is -0.586. The minimum Gasteiger partial charge on any atom is -0.457 e.